The van der Waals surface area contributed by atoms with E-state index < -0.39 is 5.41 Å². The normalized spacial score (nSPS) is 12.8. The number of rotatable bonds is 7. The van der Waals surface area contributed by atoms with E-state index in [1.807, 2.05) is 11.3 Å². The van der Waals surface area contributed by atoms with Crippen LogP contribution in [0.25, 0.3) is 86.9 Å². The molecule has 1 aromatic heterocycles. The maximum atomic E-state index is 2.39. The predicted octanol–water partition coefficient (Wildman–Crippen LogP) is 18.5. The van der Waals surface area contributed by atoms with Crippen molar-refractivity contribution in [2.45, 2.75) is 5.41 Å². The third-order valence-electron chi connectivity index (χ3n) is 14.7. The van der Waals surface area contributed by atoms with Gasteiger partial charge in [0.25, 0.3) is 0 Å². The van der Waals surface area contributed by atoms with Crippen molar-refractivity contribution in [2.24, 2.45) is 0 Å². The van der Waals surface area contributed by atoms with Gasteiger partial charge in [-0.15, -0.1) is 11.3 Å². The highest BCUT2D eigenvalue weighted by Gasteiger charge is 2.52. The average molecular weight is 894 g/mol. The molecule has 2 aliphatic rings. The minimum atomic E-state index is -0.392. The predicted molar refractivity (Wildman–Crippen MR) is 292 cm³/mol. The number of hydrogen-bond donors (Lipinski definition) is 0. The van der Waals surface area contributed by atoms with Crippen LogP contribution < -0.4 is 4.90 Å². The van der Waals surface area contributed by atoms with Crippen molar-refractivity contribution in [1.29, 1.82) is 0 Å². The van der Waals surface area contributed by atoms with Gasteiger partial charge in [0, 0.05) is 37.2 Å². The molecule has 12 aromatic rings. The Morgan fingerprint density at radius 1 is 0.261 bits per heavy atom. The maximum absolute atomic E-state index is 2.39. The molecule has 0 fully saturated rings. The van der Waals surface area contributed by atoms with Crippen LogP contribution in [0.4, 0.5) is 17.1 Å². The van der Waals surface area contributed by atoms with Crippen LogP contribution in [0, 0.1) is 0 Å². The molecule has 0 amide bonds. The Bertz CT molecular complexity index is 3910. The Labute approximate surface area is 406 Å². The summed E-state index contributed by atoms with van der Waals surface area (Å²) in [4.78, 5) is 2.39. The first-order valence-electron chi connectivity index (χ1n) is 23.8. The number of nitrogens with zero attached hydrogens (tertiary/aromatic N) is 1. The van der Waals surface area contributed by atoms with E-state index in [1.165, 1.54) is 109 Å². The Kier molecular flexibility index (Phi) is 9.05. The van der Waals surface area contributed by atoms with Crippen LogP contribution in [-0.4, -0.2) is 0 Å². The van der Waals surface area contributed by atoms with Crippen molar-refractivity contribution >= 4 is 48.6 Å². The lowest BCUT2D eigenvalue weighted by Gasteiger charge is -2.30. The molecule has 0 radical (unpaired) electrons. The summed E-state index contributed by atoms with van der Waals surface area (Å²) in [5, 5.41) is 2.62. The summed E-state index contributed by atoms with van der Waals surface area (Å²) in [6.45, 7) is 0. The highest BCUT2D eigenvalue weighted by atomic mass is 32.1. The van der Waals surface area contributed by atoms with Crippen LogP contribution in [0.3, 0.4) is 0 Å². The zero-order valence-electron chi connectivity index (χ0n) is 37.7. The summed E-state index contributed by atoms with van der Waals surface area (Å²) >= 11 is 1.86. The van der Waals surface area contributed by atoms with Crippen molar-refractivity contribution in [3.05, 3.63) is 283 Å². The number of benzene rings is 11. The fraction of sp³-hybridized carbons (Fsp3) is 0.0149. The first-order chi connectivity index (χ1) is 34.2. The van der Waals surface area contributed by atoms with Gasteiger partial charge in [-0.1, -0.05) is 206 Å². The zero-order chi connectivity index (χ0) is 45.5. The SMILES string of the molecule is c1ccc(-c2ccc(N(c3ccc(-c4ccccc4-c4cccc5c4-c4ccccc4C54c5ccccc5-c5ccccc54)cc3)c3cccc(-c4ccc5sc6ccccc6c5c4)c3)cc2)cc1. The first kappa shape index (κ1) is 39.6. The first-order valence-corrected chi connectivity index (χ1v) is 24.6. The third-order valence-corrected chi connectivity index (χ3v) is 15.9. The van der Waals surface area contributed by atoms with Gasteiger partial charge in [-0.05, 0) is 144 Å². The highest BCUT2D eigenvalue weighted by molar-refractivity contribution is 7.25. The van der Waals surface area contributed by atoms with Crippen molar-refractivity contribution < 1.29 is 0 Å². The van der Waals surface area contributed by atoms with E-state index in [9.17, 15) is 0 Å². The quantitative estimate of drug-likeness (QED) is 0.154. The molecule has 69 heavy (non-hydrogen) atoms. The Balaban J connectivity index is 0.886. The molecule has 1 heterocycles. The van der Waals surface area contributed by atoms with Crippen LogP contribution in [0.2, 0.25) is 0 Å². The van der Waals surface area contributed by atoms with E-state index in [-0.39, 0.29) is 0 Å². The molecular formula is C67H43NS. The molecule has 0 bridgehead atoms. The van der Waals surface area contributed by atoms with Crippen LogP contribution in [0.5, 0.6) is 0 Å². The van der Waals surface area contributed by atoms with Gasteiger partial charge in [0.1, 0.15) is 0 Å². The largest absolute Gasteiger partial charge is 0.310 e. The van der Waals surface area contributed by atoms with Gasteiger partial charge in [0.15, 0.2) is 0 Å². The fourth-order valence-corrected chi connectivity index (χ4v) is 12.8. The highest BCUT2D eigenvalue weighted by Crippen LogP contribution is 2.64. The van der Waals surface area contributed by atoms with Gasteiger partial charge in [-0.3, -0.25) is 0 Å². The molecule has 0 N–H and O–H groups in total. The summed E-state index contributed by atoms with van der Waals surface area (Å²) in [7, 11) is 0. The van der Waals surface area contributed by atoms with Crippen molar-refractivity contribution in [1.82, 2.24) is 0 Å². The molecule has 322 valence electrons. The molecule has 2 heteroatoms. The van der Waals surface area contributed by atoms with Gasteiger partial charge in [0.2, 0.25) is 0 Å². The lowest BCUT2D eigenvalue weighted by molar-refractivity contribution is 0.794. The Hall–Kier alpha value is -8.56. The monoisotopic (exact) mass is 893 g/mol. The second kappa shape index (κ2) is 15.8. The van der Waals surface area contributed by atoms with Gasteiger partial charge in [-0.25, -0.2) is 0 Å². The lowest BCUT2D eigenvalue weighted by Crippen LogP contribution is -2.25. The molecule has 0 saturated carbocycles. The average Bonchev–Trinajstić information content (AvgIpc) is 4.06. The van der Waals surface area contributed by atoms with Crippen molar-refractivity contribution in [3.8, 4) is 66.8 Å². The van der Waals surface area contributed by atoms with E-state index in [1.54, 1.807) is 0 Å². The maximum Gasteiger partial charge on any atom is 0.0725 e. The molecular weight excluding hydrogens is 851 g/mol. The van der Waals surface area contributed by atoms with Gasteiger partial charge >= 0.3 is 0 Å². The van der Waals surface area contributed by atoms with Crippen molar-refractivity contribution in [3.63, 3.8) is 0 Å². The summed E-state index contributed by atoms with van der Waals surface area (Å²) in [5.74, 6) is 0. The third kappa shape index (κ3) is 6.09. The summed E-state index contributed by atoms with van der Waals surface area (Å²) < 4.78 is 2.64. The molecule has 0 unspecified atom stereocenters. The topological polar surface area (TPSA) is 3.24 Å². The standard InChI is InChI=1S/C67H43NS/c1-2-16-44(17-3-1)45-32-37-49(38-33-45)68(51-19-14-18-47(42-51)48-36-41-65-59(43-48)56-24-9-13-31-64(56)69-65)50-39-34-46(35-40-50)52-20-4-5-21-53(52)57-26-15-30-63-66(57)58-25-8-12-29-62(58)67(63)60-27-10-6-22-54(60)55-23-7-11-28-61(55)67/h1-43H. The van der Waals surface area contributed by atoms with E-state index in [2.05, 4.69) is 266 Å². The summed E-state index contributed by atoms with van der Waals surface area (Å²) in [5.41, 5.74) is 23.3. The zero-order valence-corrected chi connectivity index (χ0v) is 38.5. The Morgan fingerprint density at radius 2 is 0.739 bits per heavy atom. The molecule has 1 spiro atoms. The van der Waals surface area contributed by atoms with Gasteiger partial charge in [0.05, 0.1) is 5.41 Å². The smallest absolute Gasteiger partial charge is 0.0725 e. The van der Waals surface area contributed by atoms with Crippen LogP contribution in [0.1, 0.15) is 22.3 Å². The van der Waals surface area contributed by atoms with E-state index in [0.717, 1.165) is 17.1 Å². The van der Waals surface area contributed by atoms with Crippen LogP contribution in [0.15, 0.2) is 261 Å². The minimum absolute atomic E-state index is 0.392. The molecule has 2 aliphatic carbocycles. The van der Waals surface area contributed by atoms with Crippen LogP contribution >= 0.6 is 11.3 Å². The van der Waals surface area contributed by atoms with E-state index in [4.69, 9.17) is 0 Å². The van der Waals surface area contributed by atoms with E-state index >= 15 is 0 Å². The molecule has 14 rings (SSSR count). The molecule has 11 aromatic carbocycles. The molecule has 0 saturated heterocycles. The van der Waals surface area contributed by atoms with Gasteiger partial charge < -0.3 is 4.90 Å². The summed E-state index contributed by atoms with van der Waals surface area (Å²) in [6.07, 6.45) is 0. The van der Waals surface area contributed by atoms with Crippen LogP contribution in [-0.2, 0) is 5.41 Å². The number of fused-ring (bicyclic) bond motifs is 13. The number of hydrogen-bond acceptors (Lipinski definition) is 2. The lowest BCUT2D eigenvalue weighted by atomic mass is 9.70. The molecule has 1 nitrogen and oxygen atoms in total. The van der Waals surface area contributed by atoms with E-state index in [0.29, 0.717) is 0 Å². The fourth-order valence-electron chi connectivity index (χ4n) is 11.7. The number of thiophene rings is 1. The summed E-state index contributed by atoms with van der Waals surface area (Å²) in [6, 6.07) is 96.7. The minimum Gasteiger partial charge on any atom is -0.310 e. The second-order valence-corrected chi connectivity index (χ2v) is 19.4. The molecule has 0 atom stereocenters. The Morgan fingerprint density at radius 3 is 1.46 bits per heavy atom. The molecule has 0 aliphatic heterocycles. The van der Waals surface area contributed by atoms with Crippen molar-refractivity contribution in [2.75, 3.05) is 4.90 Å². The van der Waals surface area contributed by atoms with Gasteiger partial charge in [-0.2, -0.15) is 0 Å². The second-order valence-electron chi connectivity index (χ2n) is 18.3. The number of anilines is 3.